The molecule has 0 bridgehead atoms. The van der Waals surface area contributed by atoms with Crippen LogP contribution in [0.25, 0.3) is 0 Å². The fourth-order valence-electron chi connectivity index (χ4n) is 3.25. The second-order valence-corrected chi connectivity index (χ2v) is 7.75. The van der Waals surface area contributed by atoms with Crippen molar-refractivity contribution in [3.05, 3.63) is 102 Å². The van der Waals surface area contributed by atoms with Gasteiger partial charge in [-0.05, 0) is 48.2 Å². The maximum absolute atomic E-state index is 13.9. The van der Waals surface area contributed by atoms with Gasteiger partial charge in [-0.1, -0.05) is 60.3 Å². The third-order valence-corrected chi connectivity index (χ3v) is 5.48. The van der Waals surface area contributed by atoms with Gasteiger partial charge in [0.2, 0.25) is 5.12 Å². The summed E-state index contributed by atoms with van der Waals surface area (Å²) in [6.45, 7) is 0.264. The van der Waals surface area contributed by atoms with Gasteiger partial charge < -0.3 is 0 Å². The third-order valence-electron chi connectivity index (χ3n) is 4.89. The van der Waals surface area contributed by atoms with Crippen molar-refractivity contribution in [3.8, 4) is 6.07 Å². The molecule has 164 valence electrons. The van der Waals surface area contributed by atoms with Crippen LogP contribution in [0.15, 0.2) is 90.5 Å². The fraction of sp³-hybridized carbons (Fsp3) is 0.115. The van der Waals surface area contributed by atoms with Crippen LogP contribution in [0.5, 0.6) is 0 Å². The highest BCUT2D eigenvalue weighted by atomic mass is 32.2. The highest BCUT2D eigenvalue weighted by molar-refractivity contribution is 8.13. The molecule has 0 heterocycles. The molecule has 0 aromatic heterocycles. The van der Waals surface area contributed by atoms with Gasteiger partial charge in [0, 0.05) is 17.9 Å². The average molecular weight is 456 g/mol. The molecule has 0 unspecified atom stereocenters. The van der Waals surface area contributed by atoms with Gasteiger partial charge in [-0.15, -0.1) is 0 Å². The van der Waals surface area contributed by atoms with Gasteiger partial charge in [-0.3, -0.25) is 19.8 Å². The SMILES string of the molecule is CSC(=O)C(=C=O)[C@H](NCc1ccccc1)C(=O)N(c1ccccc1)c1ccc(C#N)cc1. The number of nitrogens with zero attached hydrogens (tertiary/aromatic N) is 2. The monoisotopic (exact) mass is 455 g/mol. The molecule has 0 saturated carbocycles. The van der Waals surface area contributed by atoms with Crippen LogP contribution in [0.1, 0.15) is 11.1 Å². The van der Waals surface area contributed by atoms with Crippen LogP contribution in [0.3, 0.4) is 0 Å². The minimum Gasteiger partial charge on any atom is -0.297 e. The van der Waals surface area contributed by atoms with Gasteiger partial charge in [-0.25, -0.2) is 4.79 Å². The van der Waals surface area contributed by atoms with E-state index in [4.69, 9.17) is 5.26 Å². The zero-order valence-corrected chi connectivity index (χ0v) is 18.7. The maximum atomic E-state index is 13.9. The fourth-order valence-corrected chi connectivity index (χ4v) is 3.63. The zero-order chi connectivity index (χ0) is 23.6. The van der Waals surface area contributed by atoms with E-state index in [1.54, 1.807) is 60.7 Å². The van der Waals surface area contributed by atoms with Gasteiger partial charge in [-0.2, -0.15) is 5.26 Å². The lowest BCUT2D eigenvalue weighted by molar-refractivity contribution is -0.120. The zero-order valence-electron chi connectivity index (χ0n) is 17.9. The number of anilines is 2. The summed E-state index contributed by atoms with van der Waals surface area (Å²) in [5.74, 6) is 1.18. The molecule has 1 atom stereocenters. The number of amides is 1. The highest BCUT2D eigenvalue weighted by Crippen LogP contribution is 2.28. The Bertz CT molecular complexity index is 1200. The van der Waals surface area contributed by atoms with E-state index in [0.29, 0.717) is 16.9 Å². The maximum Gasteiger partial charge on any atom is 0.254 e. The van der Waals surface area contributed by atoms with Crippen LogP contribution >= 0.6 is 11.8 Å². The van der Waals surface area contributed by atoms with Crippen molar-refractivity contribution in [2.24, 2.45) is 0 Å². The van der Waals surface area contributed by atoms with Crippen LogP contribution in [0, 0.1) is 11.3 Å². The molecule has 0 aliphatic carbocycles. The summed E-state index contributed by atoms with van der Waals surface area (Å²) in [5.41, 5.74) is 2.11. The van der Waals surface area contributed by atoms with Crippen LogP contribution in [0.4, 0.5) is 11.4 Å². The molecule has 0 saturated heterocycles. The summed E-state index contributed by atoms with van der Waals surface area (Å²) in [7, 11) is 0. The van der Waals surface area contributed by atoms with Crippen LogP contribution in [0.2, 0.25) is 0 Å². The number of carbonyl (C=O) groups excluding carboxylic acids is 3. The summed E-state index contributed by atoms with van der Waals surface area (Å²) in [4.78, 5) is 39.6. The molecule has 33 heavy (non-hydrogen) atoms. The van der Waals surface area contributed by atoms with Crippen molar-refractivity contribution in [1.29, 1.82) is 5.26 Å². The Morgan fingerprint density at radius 2 is 1.52 bits per heavy atom. The van der Waals surface area contributed by atoms with E-state index in [-0.39, 0.29) is 12.1 Å². The molecule has 3 aromatic rings. The molecular formula is C26H21N3O3S. The standard InChI is InChI=1S/C26H21N3O3S/c1-33-26(32)23(18-30)24(28-17-20-8-4-2-5-9-20)25(31)29(21-10-6-3-7-11-21)22-14-12-19(16-27)13-15-22/h2-15,24,28H,17H2,1H3/t24-/m0/s1. The molecule has 0 fully saturated rings. The van der Waals surface area contributed by atoms with Crippen molar-refractivity contribution in [1.82, 2.24) is 5.32 Å². The summed E-state index contributed by atoms with van der Waals surface area (Å²) < 4.78 is 0. The molecule has 0 aliphatic rings. The summed E-state index contributed by atoms with van der Waals surface area (Å²) >= 11 is 0.848. The van der Waals surface area contributed by atoms with E-state index in [2.05, 4.69) is 11.4 Å². The minimum atomic E-state index is -1.22. The first-order chi connectivity index (χ1) is 16.1. The van der Waals surface area contributed by atoms with Crippen molar-refractivity contribution < 1.29 is 14.4 Å². The molecule has 6 nitrogen and oxygen atoms in total. The Kier molecular flexibility index (Phi) is 8.34. The second-order valence-electron chi connectivity index (χ2n) is 6.97. The Balaban J connectivity index is 2.05. The van der Waals surface area contributed by atoms with E-state index >= 15 is 0 Å². The molecule has 3 aromatic carbocycles. The quantitative estimate of drug-likeness (QED) is 0.407. The van der Waals surface area contributed by atoms with E-state index in [0.717, 1.165) is 17.3 Å². The second kappa shape index (κ2) is 11.6. The van der Waals surface area contributed by atoms with E-state index in [1.165, 1.54) is 4.90 Å². The Hall–Kier alpha value is -3.95. The number of hydrogen-bond donors (Lipinski definition) is 1. The van der Waals surface area contributed by atoms with Crippen LogP contribution < -0.4 is 10.2 Å². The molecule has 0 spiro atoms. The van der Waals surface area contributed by atoms with Crippen LogP contribution in [-0.2, 0) is 20.9 Å². The van der Waals surface area contributed by atoms with Crippen molar-refractivity contribution in [2.45, 2.75) is 12.6 Å². The first kappa shape index (κ1) is 23.7. The lowest BCUT2D eigenvalue weighted by Crippen LogP contribution is -2.47. The Morgan fingerprint density at radius 1 is 0.939 bits per heavy atom. The van der Waals surface area contributed by atoms with Gasteiger partial charge in [0.05, 0.1) is 11.6 Å². The third kappa shape index (κ3) is 5.85. The average Bonchev–Trinajstić information content (AvgIpc) is 2.88. The number of rotatable bonds is 8. The van der Waals surface area contributed by atoms with E-state index < -0.39 is 17.1 Å². The number of nitrogens with one attached hydrogen (secondary N) is 1. The molecule has 1 amide bonds. The lowest BCUT2D eigenvalue weighted by atomic mass is 10.1. The molecule has 1 N–H and O–H groups in total. The Morgan fingerprint density at radius 3 is 2.06 bits per heavy atom. The number of benzene rings is 3. The number of nitriles is 1. The number of para-hydroxylation sites is 1. The first-order valence-electron chi connectivity index (χ1n) is 10.1. The summed E-state index contributed by atoms with van der Waals surface area (Å²) in [5, 5.41) is 11.7. The number of carbonyl (C=O) groups is 2. The van der Waals surface area contributed by atoms with Crippen LogP contribution in [-0.4, -0.2) is 29.3 Å². The normalized spacial score (nSPS) is 11.0. The predicted molar refractivity (Wildman–Crippen MR) is 130 cm³/mol. The van der Waals surface area contributed by atoms with Crippen molar-refractivity contribution in [2.75, 3.05) is 11.2 Å². The van der Waals surface area contributed by atoms with E-state index in [9.17, 15) is 14.4 Å². The Labute approximate surface area is 196 Å². The summed E-state index contributed by atoms with van der Waals surface area (Å²) in [6.07, 6.45) is 1.55. The van der Waals surface area contributed by atoms with Crippen molar-refractivity contribution >= 4 is 40.1 Å². The largest absolute Gasteiger partial charge is 0.297 e. The van der Waals surface area contributed by atoms with E-state index in [1.807, 2.05) is 36.4 Å². The van der Waals surface area contributed by atoms with Gasteiger partial charge in [0.1, 0.15) is 17.6 Å². The number of hydrogen-bond acceptors (Lipinski definition) is 6. The van der Waals surface area contributed by atoms with Gasteiger partial charge in [0.25, 0.3) is 5.91 Å². The topological polar surface area (TPSA) is 90.3 Å². The summed E-state index contributed by atoms with van der Waals surface area (Å²) in [6, 6.07) is 25.6. The minimum absolute atomic E-state index is 0.264. The lowest BCUT2D eigenvalue weighted by Gasteiger charge is -2.28. The van der Waals surface area contributed by atoms with Gasteiger partial charge >= 0.3 is 0 Å². The molecule has 0 aliphatic heterocycles. The number of thioether (sulfide) groups is 1. The van der Waals surface area contributed by atoms with Gasteiger partial charge in [0.15, 0.2) is 0 Å². The first-order valence-corrected chi connectivity index (χ1v) is 11.3. The highest BCUT2D eigenvalue weighted by Gasteiger charge is 2.33. The van der Waals surface area contributed by atoms with Crippen molar-refractivity contribution in [3.63, 3.8) is 0 Å². The molecule has 0 radical (unpaired) electrons. The molecule has 7 heteroatoms. The predicted octanol–water partition coefficient (Wildman–Crippen LogP) is 4.03. The molecular weight excluding hydrogens is 434 g/mol. The molecule has 3 rings (SSSR count). The smallest absolute Gasteiger partial charge is 0.254 e.